The van der Waals surface area contributed by atoms with Crippen LogP contribution in [0.15, 0.2) is 0 Å². The lowest BCUT2D eigenvalue weighted by Gasteiger charge is -2.34. The number of nitrogens with zero attached hydrogens (tertiary/aromatic N) is 1. The van der Waals surface area contributed by atoms with Crippen molar-refractivity contribution in [2.45, 2.75) is 64.0 Å². The Morgan fingerprint density at radius 1 is 1.43 bits per heavy atom. The number of ether oxygens (including phenoxy) is 1. The van der Waals surface area contributed by atoms with Crippen LogP contribution < -0.4 is 5.32 Å². The minimum Gasteiger partial charge on any atom is -0.465 e. The second kappa shape index (κ2) is 7.10. The number of carbonyl (C=O) groups is 1. The molecule has 0 spiro atoms. The number of nitrogens with one attached hydrogen (secondary N) is 1. The lowest BCUT2D eigenvalue weighted by atomic mass is 9.84. The average molecular weight is 296 g/mol. The summed E-state index contributed by atoms with van der Waals surface area (Å²) in [6.45, 7) is 5.76. The van der Waals surface area contributed by atoms with Gasteiger partial charge in [-0.3, -0.25) is 4.79 Å². The minimum absolute atomic E-state index is 0.0482. The molecule has 1 N–H and O–H groups in total. The Kier molecular flexibility index (Phi) is 5.67. The van der Waals surface area contributed by atoms with E-state index in [9.17, 15) is 4.79 Å². The summed E-state index contributed by atoms with van der Waals surface area (Å²) in [6.07, 6.45) is 7.01. The fourth-order valence-corrected chi connectivity index (χ4v) is 3.93. The molecule has 2 fully saturated rings. The highest BCUT2D eigenvalue weighted by molar-refractivity contribution is 5.81. The van der Waals surface area contributed by atoms with E-state index in [1.54, 1.807) is 0 Å². The van der Waals surface area contributed by atoms with Crippen LogP contribution in [-0.2, 0) is 9.53 Å². The maximum atomic E-state index is 12.4. The molecule has 0 aliphatic heterocycles. The summed E-state index contributed by atoms with van der Waals surface area (Å²) in [4.78, 5) is 14.9. The quantitative estimate of drug-likeness (QED) is 0.699. The maximum Gasteiger partial charge on any atom is 0.326 e. The van der Waals surface area contributed by atoms with Gasteiger partial charge in [0.1, 0.15) is 5.54 Å². The summed E-state index contributed by atoms with van der Waals surface area (Å²) in [5, 5.41) is 3.31. The molecule has 3 atom stereocenters. The number of likely N-dealkylation sites (N-methyl/N-ethyl adjacent to an activating group) is 1. The fourth-order valence-electron chi connectivity index (χ4n) is 3.93. The van der Waals surface area contributed by atoms with Gasteiger partial charge in [0.2, 0.25) is 0 Å². The van der Waals surface area contributed by atoms with Gasteiger partial charge in [-0.1, -0.05) is 6.42 Å². The molecular formula is C17H32N2O2. The molecular weight excluding hydrogens is 264 g/mol. The zero-order chi connectivity index (χ0) is 15.5. The van der Waals surface area contributed by atoms with Crippen LogP contribution in [-0.4, -0.2) is 49.7 Å². The molecule has 2 aliphatic rings. The van der Waals surface area contributed by atoms with Crippen molar-refractivity contribution in [2.24, 2.45) is 11.8 Å². The Bertz CT molecular complexity index is 357. The van der Waals surface area contributed by atoms with Gasteiger partial charge in [0.15, 0.2) is 0 Å². The van der Waals surface area contributed by atoms with E-state index in [0.717, 1.165) is 38.1 Å². The monoisotopic (exact) mass is 296 g/mol. The fraction of sp³-hybridized carbons (Fsp3) is 0.941. The lowest BCUT2D eigenvalue weighted by molar-refractivity contribution is -0.153. The van der Waals surface area contributed by atoms with Crippen LogP contribution in [0, 0.1) is 11.8 Å². The van der Waals surface area contributed by atoms with E-state index in [2.05, 4.69) is 24.2 Å². The molecule has 0 saturated heterocycles. The molecule has 4 heteroatoms. The van der Waals surface area contributed by atoms with Gasteiger partial charge in [-0.15, -0.1) is 0 Å². The first kappa shape index (κ1) is 16.8. The zero-order valence-electron chi connectivity index (χ0n) is 14.2. The van der Waals surface area contributed by atoms with Gasteiger partial charge in [-0.25, -0.2) is 0 Å². The summed E-state index contributed by atoms with van der Waals surface area (Å²) >= 11 is 0. The molecule has 21 heavy (non-hydrogen) atoms. The van der Waals surface area contributed by atoms with Crippen molar-refractivity contribution >= 4 is 5.97 Å². The Morgan fingerprint density at radius 2 is 2.14 bits per heavy atom. The molecule has 2 saturated carbocycles. The molecule has 0 aromatic rings. The van der Waals surface area contributed by atoms with Gasteiger partial charge in [-0.05, 0) is 78.4 Å². The van der Waals surface area contributed by atoms with E-state index in [-0.39, 0.29) is 5.97 Å². The van der Waals surface area contributed by atoms with E-state index < -0.39 is 5.54 Å². The second-order valence-corrected chi connectivity index (χ2v) is 6.88. The molecule has 4 nitrogen and oxygen atoms in total. The first-order valence-electron chi connectivity index (χ1n) is 8.61. The predicted octanol–water partition coefficient (Wildman–Crippen LogP) is 2.43. The van der Waals surface area contributed by atoms with Crippen molar-refractivity contribution < 1.29 is 9.53 Å². The van der Waals surface area contributed by atoms with Crippen molar-refractivity contribution in [1.29, 1.82) is 0 Å². The van der Waals surface area contributed by atoms with E-state index in [1.807, 2.05) is 14.0 Å². The highest BCUT2D eigenvalue weighted by Crippen LogP contribution is 2.40. The SMILES string of the molecule is CCOC(=O)C1(NC)CCCC1CCN(C)C(C)C1CC1. The number of esters is 1. The van der Waals surface area contributed by atoms with Gasteiger partial charge in [-0.2, -0.15) is 0 Å². The van der Waals surface area contributed by atoms with Crippen LogP contribution in [0.4, 0.5) is 0 Å². The largest absolute Gasteiger partial charge is 0.465 e. The van der Waals surface area contributed by atoms with Crippen molar-refractivity contribution in [3.63, 3.8) is 0 Å². The van der Waals surface area contributed by atoms with Gasteiger partial charge in [0.05, 0.1) is 6.61 Å². The third-order valence-electron chi connectivity index (χ3n) is 5.74. The van der Waals surface area contributed by atoms with Crippen molar-refractivity contribution in [3.8, 4) is 0 Å². The van der Waals surface area contributed by atoms with Gasteiger partial charge in [0.25, 0.3) is 0 Å². The predicted molar refractivity (Wildman–Crippen MR) is 85.2 cm³/mol. The minimum atomic E-state index is -0.445. The summed E-state index contributed by atoms with van der Waals surface area (Å²) in [7, 11) is 4.13. The Hall–Kier alpha value is -0.610. The third-order valence-corrected chi connectivity index (χ3v) is 5.74. The second-order valence-electron chi connectivity index (χ2n) is 6.88. The van der Waals surface area contributed by atoms with Gasteiger partial charge < -0.3 is 15.0 Å². The molecule has 2 rings (SSSR count). The number of rotatable bonds is 8. The molecule has 0 heterocycles. The Morgan fingerprint density at radius 3 is 2.71 bits per heavy atom. The third kappa shape index (κ3) is 3.59. The van der Waals surface area contributed by atoms with Crippen LogP contribution in [0.25, 0.3) is 0 Å². The summed E-state index contributed by atoms with van der Waals surface area (Å²) in [5.74, 6) is 1.25. The number of hydrogen-bond donors (Lipinski definition) is 1. The van der Waals surface area contributed by atoms with E-state index >= 15 is 0 Å². The van der Waals surface area contributed by atoms with Crippen molar-refractivity contribution in [2.75, 3.05) is 27.2 Å². The van der Waals surface area contributed by atoms with Crippen molar-refractivity contribution in [3.05, 3.63) is 0 Å². The molecule has 0 radical (unpaired) electrons. The Labute approximate surface area is 129 Å². The smallest absolute Gasteiger partial charge is 0.326 e. The molecule has 3 unspecified atom stereocenters. The van der Waals surface area contributed by atoms with E-state index in [1.165, 1.54) is 12.8 Å². The van der Waals surface area contributed by atoms with Crippen LogP contribution in [0.1, 0.15) is 52.4 Å². The zero-order valence-corrected chi connectivity index (χ0v) is 14.2. The van der Waals surface area contributed by atoms with E-state index in [4.69, 9.17) is 4.74 Å². The highest BCUT2D eigenvalue weighted by Gasteiger charge is 2.48. The first-order chi connectivity index (χ1) is 10.0. The average Bonchev–Trinajstić information content (AvgIpc) is 3.24. The highest BCUT2D eigenvalue weighted by atomic mass is 16.5. The topological polar surface area (TPSA) is 41.6 Å². The summed E-state index contributed by atoms with van der Waals surface area (Å²) < 4.78 is 5.34. The van der Waals surface area contributed by atoms with Crippen LogP contribution in [0.3, 0.4) is 0 Å². The van der Waals surface area contributed by atoms with E-state index in [0.29, 0.717) is 18.6 Å². The molecule has 0 bridgehead atoms. The summed E-state index contributed by atoms with van der Waals surface area (Å²) in [6, 6.07) is 0.679. The molecule has 0 aromatic carbocycles. The van der Waals surface area contributed by atoms with Gasteiger partial charge in [0, 0.05) is 6.04 Å². The van der Waals surface area contributed by atoms with Crippen LogP contribution in [0.5, 0.6) is 0 Å². The normalized spacial score (nSPS) is 30.6. The summed E-state index contributed by atoms with van der Waals surface area (Å²) in [5.41, 5.74) is -0.445. The molecule has 0 aromatic heterocycles. The number of hydrogen-bond acceptors (Lipinski definition) is 4. The maximum absolute atomic E-state index is 12.4. The van der Waals surface area contributed by atoms with Crippen LogP contribution >= 0.6 is 0 Å². The Balaban J connectivity index is 1.92. The first-order valence-corrected chi connectivity index (χ1v) is 8.61. The molecule has 0 amide bonds. The standard InChI is InChI=1S/C17H32N2O2/c1-5-21-16(20)17(18-3)11-6-7-15(17)10-12-19(4)13(2)14-8-9-14/h13-15,18H,5-12H2,1-4H3. The van der Waals surface area contributed by atoms with Gasteiger partial charge >= 0.3 is 5.97 Å². The van der Waals surface area contributed by atoms with Crippen LogP contribution in [0.2, 0.25) is 0 Å². The molecule has 2 aliphatic carbocycles. The number of carbonyl (C=O) groups excluding carboxylic acids is 1. The van der Waals surface area contributed by atoms with Crippen molar-refractivity contribution in [1.82, 2.24) is 10.2 Å². The molecule has 122 valence electrons. The lowest BCUT2D eigenvalue weighted by Crippen LogP contribution is -2.54.